The molecule has 0 N–H and O–H groups in total. The largest absolute Gasteiger partial charge is 0.452 e. The molecule has 82 valence electrons. The van der Waals surface area contributed by atoms with Gasteiger partial charge in [-0.15, -0.1) is 5.73 Å². The van der Waals surface area contributed by atoms with E-state index in [1.165, 1.54) is 12.8 Å². The highest BCUT2D eigenvalue weighted by Crippen LogP contribution is 1.98. The zero-order chi connectivity index (χ0) is 11.4. The number of rotatable bonds is 7. The van der Waals surface area contributed by atoms with Crippen LogP contribution in [0.15, 0.2) is 17.9 Å². The van der Waals surface area contributed by atoms with Crippen molar-refractivity contribution >= 4 is 12.2 Å². The highest BCUT2D eigenvalue weighted by molar-refractivity contribution is 6.20. The fourth-order valence-corrected chi connectivity index (χ4v) is 0.919. The molecule has 0 fully saturated rings. The molecule has 0 aromatic rings. The average Bonchev–Trinajstić information content (AvgIpc) is 2.22. The minimum absolute atomic E-state index is 0.148. The number of esters is 1. The Kier molecular flexibility index (Phi) is 9.32. The minimum atomic E-state index is -0.665. The summed E-state index contributed by atoms with van der Waals surface area (Å²) in [5.41, 5.74) is 10.9. The number of ether oxygens (including phenoxy) is 1. The van der Waals surface area contributed by atoms with Gasteiger partial charge in [-0.3, -0.25) is 0 Å². The van der Waals surface area contributed by atoms with E-state index in [0.717, 1.165) is 12.8 Å². The first-order chi connectivity index (χ1) is 7.31. The first-order valence-electron chi connectivity index (χ1n) is 5.04. The first-order valence-corrected chi connectivity index (χ1v) is 5.04. The Bertz CT molecular complexity index is 285. The molecule has 0 radical (unpaired) electrons. The van der Waals surface area contributed by atoms with Gasteiger partial charge in [0.25, 0.3) is 0 Å². The number of carbonyl (C=O) groups is 1. The summed E-state index contributed by atoms with van der Waals surface area (Å²) in [5.74, 6) is -0.665. The van der Waals surface area contributed by atoms with E-state index in [-0.39, 0.29) is 6.61 Å². The van der Waals surface area contributed by atoms with E-state index in [4.69, 9.17) is 5.53 Å². The standard InChI is InChI=1S/C11H16N2O2/c1-2-3-4-5-6-7-8-9-15-11(14)10-13-12/h6,8,10H,2-5,9H2,1H3. The Morgan fingerprint density at radius 2 is 2.27 bits per heavy atom. The molecule has 15 heavy (non-hydrogen) atoms. The molecule has 4 nitrogen and oxygen atoms in total. The van der Waals surface area contributed by atoms with Crippen molar-refractivity contribution in [3.63, 3.8) is 0 Å². The first kappa shape index (κ1) is 13.4. The van der Waals surface area contributed by atoms with Gasteiger partial charge in [0, 0.05) is 0 Å². The minimum Gasteiger partial charge on any atom is -0.452 e. The van der Waals surface area contributed by atoms with E-state index in [1.807, 2.05) is 6.08 Å². The van der Waals surface area contributed by atoms with Crippen molar-refractivity contribution in [3.8, 4) is 0 Å². The van der Waals surface area contributed by atoms with Crippen molar-refractivity contribution in [2.75, 3.05) is 6.61 Å². The summed E-state index contributed by atoms with van der Waals surface area (Å²) < 4.78 is 4.62. The van der Waals surface area contributed by atoms with E-state index in [9.17, 15) is 4.79 Å². The lowest BCUT2D eigenvalue weighted by atomic mass is 10.2. The molecule has 0 aromatic carbocycles. The summed E-state index contributed by atoms with van der Waals surface area (Å²) in [5, 5.41) is 0. The zero-order valence-electron chi connectivity index (χ0n) is 8.98. The molecule has 0 bridgehead atoms. The van der Waals surface area contributed by atoms with E-state index < -0.39 is 5.97 Å². The van der Waals surface area contributed by atoms with Crippen molar-refractivity contribution in [1.29, 1.82) is 0 Å². The highest BCUT2D eigenvalue weighted by atomic mass is 16.5. The van der Waals surface area contributed by atoms with Crippen molar-refractivity contribution < 1.29 is 14.3 Å². The Hall–Kier alpha value is -1.63. The maximum absolute atomic E-state index is 10.6. The lowest BCUT2D eigenvalue weighted by Gasteiger charge is -1.90. The third kappa shape index (κ3) is 10.3. The fraction of sp³-hybridized carbons (Fsp3) is 0.545. The topological polar surface area (TPSA) is 62.7 Å². The van der Waals surface area contributed by atoms with Crippen LogP contribution in [0.5, 0.6) is 0 Å². The molecule has 0 aliphatic heterocycles. The van der Waals surface area contributed by atoms with E-state index in [2.05, 4.69) is 22.2 Å². The summed E-state index contributed by atoms with van der Waals surface area (Å²) in [6.07, 6.45) is 8.83. The number of nitrogens with zero attached hydrogens (tertiary/aromatic N) is 2. The molecular weight excluding hydrogens is 192 g/mol. The number of carbonyl (C=O) groups excluding carboxylic acids is 1. The zero-order valence-corrected chi connectivity index (χ0v) is 8.98. The van der Waals surface area contributed by atoms with Crippen LogP contribution < -0.4 is 0 Å². The Balaban J connectivity index is 3.53. The molecule has 0 unspecified atom stereocenters. The Labute approximate surface area is 89.9 Å². The molecule has 0 aromatic heterocycles. The number of unbranched alkanes of at least 4 members (excludes halogenated alkanes) is 3. The second-order valence-electron chi connectivity index (χ2n) is 2.95. The van der Waals surface area contributed by atoms with Crippen LogP contribution in [0.1, 0.15) is 32.6 Å². The predicted octanol–water partition coefficient (Wildman–Crippen LogP) is 2.12. The lowest BCUT2D eigenvalue weighted by Crippen LogP contribution is -2.05. The van der Waals surface area contributed by atoms with Crippen molar-refractivity contribution in [2.45, 2.75) is 32.6 Å². The normalized spacial score (nSPS) is 8.33. The summed E-state index contributed by atoms with van der Waals surface area (Å²) >= 11 is 0. The smallest absolute Gasteiger partial charge is 0.413 e. The van der Waals surface area contributed by atoms with E-state index >= 15 is 0 Å². The summed E-state index contributed by atoms with van der Waals surface area (Å²) in [7, 11) is 0. The van der Waals surface area contributed by atoms with Gasteiger partial charge in [0.15, 0.2) is 0 Å². The van der Waals surface area contributed by atoms with Gasteiger partial charge in [-0.25, -0.2) is 4.79 Å². The molecule has 0 amide bonds. The average molecular weight is 208 g/mol. The van der Waals surface area contributed by atoms with Crippen LogP contribution in [-0.2, 0) is 9.53 Å². The molecule has 0 saturated heterocycles. The van der Waals surface area contributed by atoms with Crippen LogP contribution in [0.25, 0.3) is 5.53 Å². The third-order valence-corrected chi connectivity index (χ3v) is 1.66. The van der Waals surface area contributed by atoms with Crippen LogP contribution in [0.3, 0.4) is 0 Å². The Morgan fingerprint density at radius 1 is 1.47 bits per heavy atom. The van der Waals surface area contributed by atoms with Gasteiger partial charge < -0.3 is 10.3 Å². The third-order valence-electron chi connectivity index (χ3n) is 1.66. The van der Waals surface area contributed by atoms with Gasteiger partial charge in [-0.05, 0) is 25.0 Å². The van der Waals surface area contributed by atoms with Crippen molar-refractivity contribution in [1.82, 2.24) is 0 Å². The lowest BCUT2D eigenvalue weighted by molar-refractivity contribution is -0.137. The molecule has 0 spiro atoms. The van der Waals surface area contributed by atoms with Gasteiger partial charge in [0.05, 0.1) is 0 Å². The van der Waals surface area contributed by atoms with E-state index in [0.29, 0.717) is 6.21 Å². The molecule has 0 aliphatic carbocycles. The Morgan fingerprint density at radius 3 is 2.93 bits per heavy atom. The van der Waals surface area contributed by atoms with E-state index in [1.54, 1.807) is 6.08 Å². The second-order valence-corrected chi connectivity index (χ2v) is 2.95. The summed E-state index contributed by atoms with van der Waals surface area (Å²) in [6.45, 7) is 2.30. The molecular formula is C11H16N2O2. The molecule has 0 rings (SSSR count). The summed E-state index contributed by atoms with van der Waals surface area (Å²) in [4.78, 5) is 13.2. The molecule has 0 saturated carbocycles. The van der Waals surface area contributed by atoms with Gasteiger partial charge in [0.2, 0.25) is 0 Å². The van der Waals surface area contributed by atoms with Crippen LogP contribution in [0, 0.1) is 0 Å². The van der Waals surface area contributed by atoms with Crippen LogP contribution in [0.4, 0.5) is 0 Å². The van der Waals surface area contributed by atoms with Gasteiger partial charge in [-0.1, -0.05) is 19.8 Å². The van der Waals surface area contributed by atoms with Gasteiger partial charge >= 0.3 is 12.2 Å². The van der Waals surface area contributed by atoms with Gasteiger partial charge in [0.1, 0.15) is 6.61 Å². The molecule has 4 heteroatoms. The highest BCUT2D eigenvalue weighted by Gasteiger charge is 1.99. The van der Waals surface area contributed by atoms with Crippen LogP contribution in [-0.4, -0.2) is 23.6 Å². The number of hydrogen-bond acceptors (Lipinski definition) is 2. The predicted molar refractivity (Wildman–Crippen MR) is 57.4 cm³/mol. The SMILES string of the molecule is CCCCCC=C=CCOC(=O)C=[N+]=[N-]. The quantitative estimate of drug-likeness (QED) is 0.161. The van der Waals surface area contributed by atoms with Crippen LogP contribution >= 0.6 is 0 Å². The maximum Gasteiger partial charge on any atom is 0.413 e. The fourth-order valence-electron chi connectivity index (χ4n) is 0.919. The molecule has 0 heterocycles. The maximum atomic E-state index is 10.6. The van der Waals surface area contributed by atoms with Crippen molar-refractivity contribution in [3.05, 3.63) is 23.4 Å². The van der Waals surface area contributed by atoms with Gasteiger partial charge in [-0.2, -0.15) is 4.79 Å². The number of hydrogen-bond donors (Lipinski definition) is 0. The molecule has 0 aliphatic rings. The van der Waals surface area contributed by atoms with Crippen molar-refractivity contribution in [2.24, 2.45) is 0 Å². The summed E-state index contributed by atoms with van der Waals surface area (Å²) in [6, 6.07) is 0. The second kappa shape index (κ2) is 10.5. The molecule has 0 atom stereocenters. The monoisotopic (exact) mass is 208 g/mol. The van der Waals surface area contributed by atoms with Crippen LogP contribution in [0.2, 0.25) is 0 Å².